The van der Waals surface area contributed by atoms with Gasteiger partial charge < -0.3 is 14.4 Å². The summed E-state index contributed by atoms with van der Waals surface area (Å²) in [6.07, 6.45) is 6.43. The molecule has 7 heteroatoms. The Morgan fingerprint density at radius 1 is 1.04 bits per heavy atom. The number of nitrogens with zero attached hydrogens (tertiary/aromatic N) is 1. The van der Waals surface area contributed by atoms with Crippen molar-refractivity contribution < 1.29 is 19.1 Å². The monoisotopic (exact) mass is 367 g/mol. The van der Waals surface area contributed by atoms with Crippen LogP contribution in [0.1, 0.15) is 5.56 Å². The highest BCUT2D eigenvalue weighted by Gasteiger charge is 2.28. The van der Waals surface area contributed by atoms with Crippen LogP contribution in [-0.2, 0) is 19.1 Å². The van der Waals surface area contributed by atoms with E-state index in [0.717, 1.165) is 0 Å². The molecule has 0 fully saturated rings. The second-order valence-corrected chi connectivity index (χ2v) is 5.61. The van der Waals surface area contributed by atoms with Crippen LogP contribution >= 0.6 is 23.2 Å². The molecule has 5 nitrogen and oxygen atoms in total. The second-order valence-electron chi connectivity index (χ2n) is 4.82. The van der Waals surface area contributed by atoms with Gasteiger partial charge in [0.15, 0.2) is 0 Å². The van der Waals surface area contributed by atoms with E-state index < -0.39 is 11.9 Å². The van der Waals surface area contributed by atoms with Gasteiger partial charge in [0.1, 0.15) is 5.70 Å². The molecule has 0 aromatic heterocycles. The molecule has 1 aromatic rings. The van der Waals surface area contributed by atoms with Gasteiger partial charge in [-0.05, 0) is 36.8 Å². The Balaban J connectivity index is 2.73. The highest BCUT2D eigenvalue weighted by Crippen LogP contribution is 2.36. The number of methoxy groups -OCH3 is 2. The zero-order chi connectivity index (χ0) is 17.9. The van der Waals surface area contributed by atoms with Crippen LogP contribution in [0.2, 0.25) is 10.0 Å². The number of esters is 2. The summed E-state index contributed by atoms with van der Waals surface area (Å²) in [6.45, 7) is 1.77. The molecule has 0 radical (unpaired) electrons. The van der Waals surface area contributed by atoms with Gasteiger partial charge in [-0.25, -0.2) is 9.59 Å². The topological polar surface area (TPSA) is 55.8 Å². The number of rotatable bonds is 3. The lowest BCUT2D eigenvalue weighted by Gasteiger charge is -2.25. The van der Waals surface area contributed by atoms with Crippen LogP contribution in [0.5, 0.6) is 0 Å². The van der Waals surface area contributed by atoms with Crippen molar-refractivity contribution in [1.82, 2.24) is 0 Å². The first-order chi connectivity index (χ1) is 11.4. The minimum atomic E-state index is -0.683. The van der Waals surface area contributed by atoms with Gasteiger partial charge in [-0.3, -0.25) is 0 Å². The third-order valence-corrected chi connectivity index (χ3v) is 4.36. The molecule has 1 aliphatic rings. The third-order valence-electron chi connectivity index (χ3n) is 3.46. The number of ether oxygens (including phenoxy) is 2. The Labute approximate surface area is 149 Å². The largest absolute Gasteiger partial charge is 0.465 e. The first-order valence-electron chi connectivity index (χ1n) is 6.92. The fourth-order valence-electron chi connectivity index (χ4n) is 2.25. The number of anilines is 1. The minimum Gasteiger partial charge on any atom is -0.465 e. The quantitative estimate of drug-likeness (QED) is 0.760. The van der Waals surface area contributed by atoms with E-state index in [9.17, 15) is 9.59 Å². The lowest BCUT2D eigenvalue weighted by atomic mass is 10.1. The fourth-order valence-corrected chi connectivity index (χ4v) is 2.62. The van der Waals surface area contributed by atoms with Crippen LogP contribution in [0.3, 0.4) is 0 Å². The maximum Gasteiger partial charge on any atom is 0.355 e. The number of allylic oxidation sites excluding steroid dienone is 2. The maximum absolute atomic E-state index is 12.3. The summed E-state index contributed by atoms with van der Waals surface area (Å²) in [7, 11) is 2.48. The molecule has 1 aliphatic heterocycles. The number of hydrogen-bond acceptors (Lipinski definition) is 5. The van der Waals surface area contributed by atoms with Gasteiger partial charge in [0.2, 0.25) is 0 Å². The standard InChI is InChI=1S/C17H15Cl2NO4/c1-10-13(8-7-12(18)14(10)19)20-9-5-4-6-11(16(21)23-2)15(20)17(22)24-3/h4-9H,1-3H3. The maximum atomic E-state index is 12.3. The Kier molecular flexibility index (Phi) is 5.70. The molecule has 0 bridgehead atoms. The van der Waals surface area contributed by atoms with Crippen LogP contribution in [0.25, 0.3) is 0 Å². The van der Waals surface area contributed by atoms with Crippen molar-refractivity contribution >= 4 is 40.8 Å². The molecule has 126 valence electrons. The molecule has 24 heavy (non-hydrogen) atoms. The van der Waals surface area contributed by atoms with Crippen LogP contribution in [0.4, 0.5) is 5.69 Å². The van der Waals surface area contributed by atoms with E-state index in [1.807, 2.05) is 0 Å². The van der Waals surface area contributed by atoms with Gasteiger partial charge in [0.05, 0.1) is 35.5 Å². The number of benzene rings is 1. The fraction of sp³-hybridized carbons (Fsp3) is 0.176. The van der Waals surface area contributed by atoms with E-state index in [2.05, 4.69) is 0 Å². The van der Waals surface area contributed by atoms with E-state index >= 15 is 0 Å². The summed E-state index contributed by atoms with van der Waals surface area (Å²) in [4.78, 5) is 26.0. The molecule has 0 atom stereocenters. The van der Waals surface area contributed by atoms with Gasteiger partial charge in [0.25, 0.3) is 0 Å². The van der Waals surface area contributed by atoms with Crippen LogP contribution < -0.4 is 4.90 Å². The van der Waals surface area contributed by atoms with E-state index in [1.165, 1.54) is 25.2 Å². The first-order valence-corrected chi connectivity index (χ1v) is 7.67. The molecule has 2 rings (SSSR count). The van der Waals surface area contributed by atoms with E-state index in [-0.39, 0.29) is 11.3 Å². The predicted octanol–water partition coefficient (Wildman–Crippen LogP) is 3.79. The molecule has 0 aliphatic carbocycles. The van der Waals surface area contributed by atoms with Crippen LogP contribution in [0, 0.1) is 6.92 Å². The van der Waals surface area contributed by atoms with Crippen LogP contribution in [0.15, 0.2) is 47.8 Å². The summed E-state index contributed by atoms with van der Waals surface area (Å²) in [5.74, 6) is -1.34. The number of halogens is 2. The normalized spacial score (nSPS) is 13.8. The molecular weight excluding hydrogens is 353 g/mol. The molecule has 0 N–H and O–H groups in total. The molecule has 0 saturated carbocycles. The predicted molar refractivity (Wildman–Crippen MR) is 93.0 cm³/mol. The second kappa shape index (κ2) is 7.55. The SMILES string of the molecule is COC(=O)C1=C(C(=O)OC)N(c2ccc(Cl)c(Cl)c2C)C=CC=C1. The molecule has 0 saturated heterocycles. The van der Waals surface area contributed by atoms with Crippen molar-refractivity contribution in [2.75, 3.05) is 19.1 Å². The van der Waals surface area contributed by atoms with Crippen LogP contribution in [-0.4, -0.2) is 26.2 Å². The van der Waals surface area contributed by atoms with Gasteiger partial charge >= 0.3 is 11.9 Å². The molecular formula is C17H15Cl2NO4. The van der Waals surface area contributed by atoms with E-state index in [4.69, 9.17) is 32.7 Å². The molecule has 0 spiro atoms. The molecule has 1 aromatic carbocycles. The summed E-state index contributed by atoms with van der Waals surface area (Å²) in [5.41, 5.74) is 1.34. The lowest BCUT2D eigenvalue weighted by Crippen LogP contribution is -2.27. The van der Waals surface area contributed by atoms with Gasteiger partial charge in [-0.2, -0.15) is 0 Å². The van der Waals surface area contributed by atoms with Crippen molar-refractivity contribution in [3.05, 3.63) is 63.4 Å². The summed E-state index contributed by atoms with van der Waals surface area (Å²) >= 11 is 12.2. The van der Waals surface area contributed by atoms with Crippen molar-refractivity contribution in [2.45, 2.75) is 6.92 Å². The number of carbonyl (C=O) groups excluding carboxylic acids is 2. The van der Waals surface area contributed by atoms with E-state index in [1.54, 1.807) is 37.4 Å². The minimum absolute atomic E-state index is 0.0239. The molecule has 1 heterocycles. The van der Waals surface area contributed by atoms with Crippen molar-refractivity contribution in [1.29, 1.82) is 0 Å². The van der Waals surface area contributed by atoms with Gasteiger partial charge in [0, 0.05) is 6.20 Å². The van der Waals surface area contributed by atoms with Crippen molar-refractivity contribution in [3.8, 4) is 0 Å². The smallest absolute Gasteiger partial charge is 0.355 e. The highest BCUT2D eigenvalue weighted by molar-refractivity contribution is 6.42. The Hall–Kier alpha value is -2.24. The molecule has 0 unspecified atom stereocenters. The van der Waals surface area contributed by atoms with Gasteiger partial charge in [-0.1, -0.05) is 29.3 Å². The summed E-state index contributed by atoms with van der Waals surface area (Å²) in [6, 6.07) is 3.32. The van der Waals surface area contributed by atoms with Gasteiger partial charge in [-0.15, -0.1) is 0 Å². The Morgan fingerprint density at radius 2 is 1.71 bits per heavy atom. The lowest BCUT2D eigenvalue weighted by molar-refractivity contribution is -0.139. The zero-order valence-corrected chi connectivity index (χ0v) is 14.8. The highest BCUT2D eigenvalue weighted by atomic mass is 35.5. The number of carbonyl (C=O) groups is 2. The Bertz CT molecular complexity index is 781. The summed E-state index contributed by atoms with van der Waals surface area (Å²) < 4.78 is 9.61. The Morgan fingerprint density at radius 3 is 2.33 bits per heavy atom. The number of hydrogen-bond donors (Lipinski definition) is 0. The molecule has 0 amide bonds. The first kappa shape index (κ1) is 18.1. The summed E-state index contributed by atoms with van der Waals surface area (Å²) in [5, 5.41) is 0.759. The van der Waals surface area contributed by atoms with Crippen molar-refractivity contribution in [2.24, 2.45) is 0 Å². The third kappa shape index (κ3) is 3.32. The average Bonchev–Trinajstić information content (AvgIpc) is 2.81. The van der Waals surface area contributed by atoms with E-state index in [0.29, 0.717) is 21.3 Å². The average molecular weight is 368 g/mol. The zero-order valence-electron chi connectivity index (χ0n) is 13.3. The van der Waals surface area contributed by atoms with Crippen molar-refractivity contribution in [3.63, 3.8) is 0 Å².